The number of rotatable bonds is 5. The largest absolute Gasteiger partial charge is 0.495 e. The van der Waals surface area contributed by atoms with Crippen LogP contribution in [0.5, 0.6) is 5.75 Å². The first-order valence-electron chi connectivity index (χ1n) is 10.9. The Labute approximate surface area is 199 Å². The van der Waals surface area contributed by atoms with Crippen LogP contribution in [0.4, 0.5) is 0 Å². The highest BCUT2D eigenvalue weighted by Crippen LogP contribution is 2.31. The number of benzene rings is 2. The van der Waals surface area contributed by atoms with Crippen LogP contribution in [0, 0.1) is 13.8 Å². The normalized spacial score (nSPS) is 21.9. The minimum absolute atomic E-state index is 0.0212. The highest BCUT2D eigenvalue weighted by molar-refractivity contribution is 7.89. The van der Waals surface area contributed by atoms with Gasteiger partial charge in [0.15, 0.2) is 0 Å². The average Bonchev–Trinajstić information content (AvgIpc) is 3.28. The van der Waals surface area contributed by atoms with Crippen molar-refractivity contribution in [1.82, 2.24) is 20.1 Å². The lowest BCUT2D eigenvalue weighted by atomic mass is 9.96. The molecular formula is C23H29ClN4O4S. The molecule has 2 aliphatic heterocycles. The van der Waals surface area contributed by atoms with E-state index in [2.05, 4.69) is 42.9 Å². The van der Waals surface area contributed by atoms with E-state index in [1.165, 1.54) is 34.2 Å². The molecule has 0 aliphatic carbocycles. The maximum atomic E-state index is 13.2. The Hall–Kier alpha value is -2.17. The van der Waals surface area contributed by atoms with Crippen molar-refractivity contribution < 1.29 is 17.9 Å². The molecule has 2 N–H and O–H groups in total. The summed E-state index contributed by atoms with van der Waals surface area (Å²) in [5, 5.41) is 0.321. The van der Waals surface area contributed by atoms with Crippen molar-refractivity contribution in [2.24, 2.45) is 0 Å². The van der Waals surface area contributed by atoms with Gasteiger partial charge in [-0.15, -0.1) is 0 Å². The summed E-state index contributed by atoms with van der Waals surface area (Å²) in [6.07, 6.45) is 0.640. The molecule has 0 spiro atoms. The maximum absolute atomic E-state index is 13.2. The fourth-order valence-electron chi connectivity index (χ4n) is 4.50. The Kier molecular flexibility index (Phi) is 6.97. The fraction of sp³-hybridized carbons (Fsp3) is 0.435. The summed E-state index contributed by atoms with van der Waals surface area (Å²) in [5.74, 6) is 0.226. The van der Waals surface area contributed by atoms with Crippen LogP contribution < -0.4 is 15.6 Å². The van der Waals surface area contributed by atoms with Gasteiger partial charge < -0.3 is 9.64 Å². The molecule has 4 rings (SSSR count). The summed E-state index contributed by atoms with van der Waals surface area (Å²) >= 11 is 6.03. The predicted molar refractivity (Wildman–Crippen MR) is 127 cm³/mol. The van der Waals surface area contributed by atoms with E-state index in [1.807, 2.05) is 0 Å². The summed E-state index contributed by atoms with van der Waals surface area (Å²) in [6, 6.07) is 10.5. The van der Waals surface area contributed by atoms with Crippen LogP contribution in [-0.4, -0.2) is 62.9 Å². The van der Waals surface area contributed by atoms with Crippen LogP contribution >= 0.6 is 11.6 Å². The van der Waals surface area contributed by atoms with Gasteiger partial charge in [-0.1, -0.05) is 35.4 Å². The molecule has 1 amide bonds. The lowest BCUT2D eigenvalue weighted by molar-refractivity contribution is -0.134. The minimum atomic E-state index is -3.79. The van der Waals surface area contributed by atoms with E-state index < -0.39 is 10.0 Å². The molecule has 0 aromatic heterocycles. The molecule has 0 saturated carbocycles. The van der Waals surface area contributed by atoms with Crippen molar-refractivity contribution in [3.05, 3.63) is 58.1 Å². The Morgan fingerprint density at radius 2 is 1.79 bits per heavy atom. The van der Waals surface area contributed by atoms with Gasteiger partial charge in [0, 0.05) is 37.2 Å². The number of methoxy groups -OCH3 is 1. The fourth-order valence-corrected chi connectivity index (χ4v) is 6.34. The van der Waals surface area contributed by atoms with Gasteiger partial charge in [-0.25, -0.2) is 19.3 Å². The number of sulfonamides is 1. The van der Waals surface area contributed by atoms with E-state index in [0.717, 1.165) is 0 Å². The number of amides is 1. The zero-order valence-electron chi connectivity index (χ0n) is 19.0. The molecule has 2 aromatic rings. The van der Waals surface area contributed by atoms with E-state index >= 15 is 0 Å². The van der Waals surface area contributed by atoms with E-state index in [-0.39, 0.29) is 41.7 Å². The third kappa shape index (κ3) is 4.88. The number of hydrogen-bond donors (Lipinski definition) is 2. The number of ether oxygens (including phenoxy) is 1. The second kappa shape index (κ2) is 9.60. The molecule has 2 heterocycles. The molecule has 2 saturated heterocycles. The second-order valence-corrected chi connectivity index (χ2v) is 10.9. The van der Waals surface area contributed by atoms with Gasteiger partial charge in [0.1, 0.15) is 16.7 Å². The molecule has 2 fully saturated rings. The van der Waals surface area contributed by atoms with Crippen molar-refractivity contribution in [2.75, 3.05) is 33.3 Å². The van der Waals surface area contributed by atoms with Gasteiger partial charge in [0.2, 0.25) is 15.9 Å². The van der Waals surface area contributed by atoms with Crippen molar-refractivity contribution in [2.45, 2.75) is 37.2 Å². The minimum Gasteiger partial charge on any atom is -0.495 e. The molecule has 10 heteroatoms. The van der Waals surface area contributed by atoms with Gasteiger partial charge in [0.05, 0.1) is 7.11 Å². The van der Waals surface area contributed by atoms with Crippen molar-refractivity contribution in [3.8, 4) is 5.75 Å². The molecular weight excluding hydrogens is 464 g/mol. The maximum Gasteiger partial charge on any atom is 0.246 e. The number of hydrogen-bond acceptors (Lipinski definition) is 6. The lowest BCUT2D eigenvalue weighted by Gasteiger charge is -2.35. The molecule has 2 atom stereocenters. The number of hydrazine groups is 1. The highest BCUT2D eigenvalue weighted by Gasteiger charge is 2.37. The van der Waals surface area contributed by atoms with Gasteiger partial charge in [-0.3, -0.25) is 4.79 Å². The predicted octanol–water partition coefficient (Wildman–Crippen LogP) is 2.41. The first kappa shape index (κ1) is 24.0. The Morgan fingerprint density at radius 1 is 1.06 bits per heavy atom. The van der Waals surface area contributed by atoms with Gasteiger partial charge >= 0.3 is 0 Å². The van der Waals surface area contributed by atoms with E-state index in [9.17, 15) is 13.2 Å². The standard InChI is InChI=1S/C23H29ClN4O4S/c1-15-4-6-18(16(2)12-15)19-14-20(26-25-19)23(29)27-8-10-28(11-9-27)33(30,31)22-13-17(24)5-7-21(22)32-3/h4-7,12-13,19-20,25-26H,8-11,14H2,1-3H3. The van der Waals surface area contributed by atoms with Crippen LogP contribution in [0.25, 0.3) is 0 Å². The smallest absolute Gasteiger partial charge is 0.246 e. The highest BCUT2D eigenvalue weighted by atomic mass is 35.5. The topological polar surface area (TPSA) is 91.0 Å². The van der Waals surface area contributed by atoms with Crippen LogP contribution in [0.15, 0.2) is 41.3 Å². The SMILES string of the molecule is COc1ccc(Cl)cc1S(=O)(=O)N1CCN(C(=O)C2CC(c3ccc(C)cc3C)NN2)CC1. The number of halogens is 1. The Bertz CT molecular complexity index is 1150. The average molecular weight is 493 g/mol. The van der Waals surface area contributed by atoms with Crippen LogP contribution in [0.1, 0.15) is 29.2 Å². The molecule has 8 nitrogen and oxygen atoms in total. The van der Waals surface area contributed by atoms with Crippen molar-refractivity contribution in [1.29, 1.82) is 0 Å². The van der Waals surface area contributed by atoms with Crippen molar-refractivity contribution >= 4 is 27.5 Å². The van der Waals surface area contributed by atoms with Crippen LogP contribution in [0.2, 0.25) is 5.02 Å². The number of nitrogens with zero attached hydrogens (tertiary/aromatic N) is 2. The molecule has 33 heavy (non-hydrogen) atoms. The summed E-state index contributed by atoms with van der Waals surface area (Å²) in [7, 11) is -2.37. The third-order valence-corrected chi connectivity index (χ3v) is 8.45. The third-order valence-electron chi connectivity index (χ3n) is 6.30. The van der Waals surface area contributed by atoms with E-state index in [0.29, 0.717) is 24.5 Å². The summed E-state index contributed by atoms with van der Waals surface area (Å²) in [6.45, 7) is 5.22. The van der Waals surface area contributed by atoms with Gasteiger partial charge in [-0.05, 0) is 49.6 Å². The molecule has 0 radical (unpaired) electrons. The van der Waals surface area contributed by atoms with Gasteiger partial charge in [-0.2, -0.15) is 4.31 Å². The van der Waals surface area contributed by atoms with Crippen LogP contribution in [0.3, 0.4) is 0 Å². The quantitative estimate of drug-likeness (QED) is 0.666. The molecule has 2 aliphatic rings. The number of aryl methyl sites for hydroxylation is 2. The lowest BCUT2D eigenvalue weighted by Crippen LogP contribution is -2.54. The summed E-state index contributed by atoms with van der Waals surface area (Å²) in [4.78, 5) is 14.9. The number of nitrogens with one attached hydrogen (secondary N) is 2. The molecule has 178 valence electrons. The summed E-state index contributed by atoms with van der Waals surface area (Å²) in [5.41, 5.74) is 9.95. The Morgan fingerprint density at radius 3 is 2.45 bits per heavy atom. The van der Waals surface area contributed by atoms with Crippen LogP contribution in [-0.2, 0) is 14.8 Å². The zero-order valence-corrected chi connectivity index (χ0v) is 20.5. The number of piperazine rings is 1. The number of carbonyl (C=O) groups is 1. The Balaban J connectivity index is 1.39. The number of carbonyl (C=O) groups excluding carboxylic acids is 1. The van der Waals surface area contributed by atoms with E-state index in [4.69, 9.17) is 16.3 Å². The van der Waals surface area contributed by atoms with E-state index in [1.54, 1.807) is 17.0 Å². The molecule has 2 aromatic carbocycles. The summed E-state index contributed by atoms with van der Waals surface area (Å²) < 4.78 is 32.9. The van der Waals surface area contributed by atoms with Crippen molar-refractivity contribution in [3.63, 3.8) is 0 Å². The molecule has 2 unspecified atom stereocenters. The molecule has 0 bridgehead atoms. The first-order valence-corrected chi connectivity index (χ1v) is 12.7. The monoisotopic (exact) mass is 492 g/mol. The van der Waals surface area contributed by atoms with Gasteiger partial charge in [0.25, 0.3) is 0 Å². The second-order valence-electron chi connectivity index (χ2n) is 8.51. The first-order chi connectivity index (χ1) is 15.7. The zero-order chi connectivity index (χ0) is 23.8.